The lowest BCUT2D eigenvalue weighted by atomic mass is 10.2. The number of carboxylic acid groups (broad SMARTS) is 1. The molecule has 1 rings (SSSR count). The number of hydrogen-bond donors (Lipinski definition) is 2. The molecule has 0 fully saturated rings. The van der Waals surface area contributed by atoms with Gasteiger partial charge in [-0.05, 0) is 24.1 Å². The maximum atomic E-state index is 11.8. The van der Waals surface area contributed by atoms with Crippen LogP contribution in [0.2, 0.25) is 0 Å². The van der Waals surface area contributed by atoms with E-state index in [-0.39, 0.29) is 19.5 Å². The Morgan fingerprint density at radius 1 is 1.53 bits per heavy atom. The van der Waals surface area contributed by atoms with E-state index in [2.05, 4.69) is 9.71 Å². The summed E-state index contributed by atoms with van der Waals surface area (Å²) in [5.41, 5.74) is 1.71. The maximum Gasteiger partial charge on any atom is 0.304 e. The van der Waals surface area contributed by atoms with Crippen LogP contribution < -0.4 is 4.72 Å². The summed E-state index contributed by atoms with van der Waals surface area (Å²) < 4.78 is 27.1. The molecule has 0 radical (unpaired) electrons. The second-order valence-electron chi connectivity index (χ2n) is 4.09. The van der Waals surface area contributed by atoms with Gasteiger partial charge in [-0.25, -0.2) is 0 Å². The molecule has 7 nitrogen and oxygen atoms in total. The third kappa shape index (κ3) is 4.93. The minimum absolute atomic E-state index is 0.0695. The number of carboxylic acids is 1. The summed E-state index contributed by atoms with van der Waals surface area (Å²) in [6, 6.07) is 1.73. The number of pyridine rings is 1. The van der Waals surface area contributed by atoms with Crippen molar-refractivity contribution in [1.29, 1.82) is 0 Å². The van der Waals surface area contributed by atoms with Gasteiger partial charge in [-0.3, -0.25) is 9.78 Å². The SMILES string of the molecule is Cc1cnccc1CNS(=O)(=O)N(C)CCC(=O)O. The Bertz CT molecular complexity index is 545. The first kappa shape index (κ1) is 15.5. The molecule has 0 aromatic carbocycles. The topological polar surface area (TPSA) is 99.6 Å². The number of hydrogen-bond acceptors (Lipinski definition) is 4. The number of rotatable bonds is 7. The van der Waals surface area contributed by atoms with Gasteiger partial charge < -0.3 is 5.11 Å². The number of aliphatic carboxylic acids is 1. The van der Waals surface area contributed by atoms with Gasteiger partial charge in [-0.1, -0.05) is 0 Å². The van der Waals surface area contributed by atoms with Crippen LogP contribution >= 0.6 is 0 Å². The standard InChI is InChI=1S/C11H17N3O4S/c1-9-7-12-5-3-10(9)8-13-19(17,18)14(2)6-4-11(15)16/h3,5,7,13H,4,6,8H2,1-2H3,(H,15,16). The molecule has 19 heavy (non-hydrogen) atoms. The predicted octanol–water partition coefficient (Wildman–Crippen LogP) is 0.131. The molecule has 0 amide bonds. The summed E-state index contributed by atoms with van der Waals surface area (Å²) in [7, 11) is -2.33. The van der Waals surface area contributed by atoms with Gasteiger partial charge in [0, 0.05) is 32.5 Å². The van der Waals surface area contributed by atoms with Gasteiger partial charge in [0.05, 0.1) is 6.42 Å². The summed E-state index contributed by atoms with van der Waals surface area (Å²) in [4.78, 5) is 14.3. The van der Waals surface area contributed by atoms with Crippen molar-refractivity contribution < 1.29 is 18.3 Å². The van der Waals surface area contributed by atoms with Gasteiger partial charge in [0.25, 0.3) is 10.2 Å². The van der Waals surface area contributed by atoms with Crippen LogP contribution in [-0.4, -0.2) is 42.4 Å². The first-order valence-corrected chi connectivity index (χ1v) is 7.09. The van der Waals surface area contributed by atoms with Crippen LogP contribution in [0.5, 0.6) is 0 Å². The number of nitrogens with zero attached hydrogens (tertiary/aromatic N) is 2. The van der Waals surface area contributed by atoms with E-state index in [0.717, 1.165) is 15.4 Å². The Labute approximate surface area is 112 Å². The normalized spacial score (nSPS) is 11.7. The number of carbonyl (C=O) groups is 1. The zero-order valence-electron chi connectivity index (χ0n) is 10.8. The molecule has 2 N–H and O–H groups in total. The van der Waals surface area contributed by atoms with Crippen LogP contribution in [0.3, 0.4) is 0 Å². The third-order valence-electron chi connectivity index (χ3n) is 2.63. The van der Waals surface area contributed by atoms with E-state index in [1.807, 2.05) is 6.92 Å². The highest BCUT2D eigenvalue weighted by atomic mass is 32.2. The van der Waals surface area contributed by atoms with Crippen molar-refractivity contribution in [2.75, 3.05) is 13.6 Å². The van der Waals surface area contributed by atoms with Gasteiger partial charge in [0.2, 0.25) is 0 Å². The van der Waals surface area contributed by atoms with E-state index in [9.17, 15) is 13.2 Å². The Kier molecular flexibility index (Phi) is 5.40. The van der Waals surface area contributed by atoms with E-state index in [4.69, 9.17) is 5.11 Å². The Morgan fingerprint density at radius 2 is 2.21 bits per heavy atom. The van der Waals surface area contributed by atoms with Crippen LogP contribution in [0.4, 0.5) is 0 Å². The molecule has 0 atom stereocenters. The average Bonchev–Trinajstić information content (AvgIpc) is 2.34. The van der Waals surface area contributed by atoms with Crippen molar-refractivity contribution >= 4 is 16.2 Å². The second kappa shape index (κ2) is 6.60. The molecule has 1 aromatic rings. The molecule has 106 valence electrons. The van der Waals surface area contributed by atoms with Gasteiger partial charge in [0.15, 0.2) is 0 Å². The molecule has 1 aromatic heterocycles. The molecular formula is C11H17N3O4S. The monoisotopic (exact) mass is 287 g/mol. The highest BCUT2D eigenvalue weighted by Gasteiger charge is 2.18. The lowest BCUT2D eigenvalue weighted by molar-refractivity contribution is -0.137. The second-order valence-corrected chi connectivity index (χ2v) is 5.96. The molecule has 1 heterocycles. The molecule has 0 aliphatic carbocycles. The summed E-state index contributed by atoms with van der Waals surface area (Å²) >= 11 is 0. The molecular weight excluding hydrogens is 270 g/mol. The lowest BCUT2D eigenvalue weighted by Crippen LogP contribution is -2.39. The average molecular weight is 287 g/mol. The fourth-order valence-electron chi connectivity index (χ4n) is 1.35. The minimum Gasteiger partial charge on any atom is -0.481 e. The summed E-state index contributed by atoms with van der Waals surface area (Å²) in [5, 5.41) is 8.52. The molecule has 0 saturated heterocycles. The first-order valence-electron chi connectivity index (χ1n) is 5.65. The van der Waals surface area contributed by atoms with Crippen molar-refractivity contribution in [2.24, 2.45) is 0 Å². The zero-order valence-corrected chi connectivity index (χ0v) is 11.6. The van der Waals surface area contributed by atoms with E-state index in [0.29, 0.717) is 0 Å². The van der Waals surface area contributed by atoms with Crippen molar-refractivity contribution in [3.8, 4) is 0 Å². The molecule has 0 unspecified atom stereocenters. The molecule has 0 aliphatic heterocycles. The zero-order chi connectivity index (χ0) is 14.5. The fourth-order valence-corrected chi connectivity index (χ4v) is 2.24. The summed E-state index contributed by atoms with van der Waals surface area (Å²) in [6.07, 6.45) is 3.01. The van der Waals surface area contributed by atoms with Crippen molar-refractivity contribution in [2.45, 2.75) is 19.9 Å². The number of aromatic nitrogens is 1. The quantitative estimate of drug-likeness (QED) is 0.742. The van der Waals surface area contributed by atoms with Gasteiger partial charge >= 0.3 is 5.97 Å². The van der Waals surface area contributed by atoms with Crippen LogP contribution in [0, 0.1) is 6.92 Å². The highest BCUT2D eigenvalue weighted by Crippen LogP contribution is 2.06. The summed E-state index contributed by atoms with van der Waals surface area (Å²) in [5.74, 6) is -1.04. The number of nitrogens with one attached hydrogen (secondary N) is 1. The molecule has 0 saturated carbocycles. The van der Waals surface area contributed by atoms with Gasteiger partial charge in [-0.2, -0.15) is 17.4 Å². The first-order chi connectivity index (χ1) is 8.83. The molecule has 8 heteroatoms. The Hall–Kier alpha value is -1.51. The van der Waals surface area contributed by atoms with Crippen molar-refractivity contribution in [3.05, 3.63) is 29.6 Å². The minimum atomic E-state index is -3.67. The van der Waals surface area contributed by atoms with E-state index in [1.165, 1.54) is 7.05 Å². The molecule has 0 spiro atoms. The van der Waals surface area contributed by atoms with Crippen molar-refractivity contribution in [3.63, 3.8) is 0 Å². The van der Waals surface area contributed by atoms with E-state index in [1.54, 1.807) is 18.5 Å². The van der Waals surface area contributed by atoms with E-state index < -0.39 is 16.2 Å². The van der Waals surface area contributed by atoms with Gasteiger partial charge in [-0.15, -0.1) is 0 Å². The van der Waals surface area contributed by atoms with Crippen LogP contribution in [0.15, 0.2) is 18.5 Å². The number of aryl methyl sites for hydroxylation is 1. The van der Waals surface area contributed by atoms with E-state index >= 15 is 0 Å². The maximum absolute atomic E-state index is 11.8. The smallest absolute Gasteiger partial charge is 0.304 e. The Balaban J connectivity index is 2.60. The van der Waals surface area contributed by atoms with Crippen LogP contribution in [-0.2, 0) is 21.5 Å². The molecule has 0 aliphatic rings. The highest BCUT2D eigenvalue weighted by molar-refractivity contribution is 7.87. The van der Waals surface area contributed by atoms with Crippen LogP contribution in [0.25, 0.3) is 0 Å². The third-order valence-corrected chi connectivity index (χ3v) is 4.14. The van der Waals surface area contributed by atoms with Crippen LogP contribution in [0.1, 0.15) is 17.5 Å². The fraction of sp³-hybridized carbons (Fsp3) is 0.455. The lowest BCUT2D eigenvalue weighted by Gasteiger charge is -2.17. The van der Waals surface area contributed by atoms with Gasteiger partial charge in [0.1, 0.15) is 0 Å². The Morgan fingerprint density at radius 3 is 2.79 bits per heavy atom. The van der Waals surface area contributed by atoms with Crippen molar-refractivity contribution in [1.82, 2.24) is 14.0 Å². The predicted molar refractivity (Wildman–Crippen MR) is 69.6 cm³/mol. The molecule has 0 bridgehead atoms. The largest absolute Gasteiger partial charge is 0.481 e. The summed E-state index contributed by atoms with van der Waals surface area (Å²) in [6.45, 7) is 1.92.